The number of nitrogens with one attached hydrogen (secondary N) is 2. The Morgan fingerprint density at radius 1 is 1.33 bits per heavy atom. The molecule has 2 aliphatic rings. The fourth-order valence-electron chi connectivity index (χ4n) is 4.06. The molecule has 2 aromatic heterocycles. The van der Waals surface area contributed by atoms with Crippen molar-refractivity contribution in [3.63, 3.8) is 0 Å². The van der Waals surface area contributed by atoms with Gasteiger partial charge in [-0.3, -0.25) is 14.5 Å². The van der Waals surface area contributed by atoms with Crippen molar-refractivity contribution >= 4 is 17.3 Å². The molecule has 2 amide bonds. The van der Waals surface area contributed by atoms with E-state index in [0.717, 1.165) is 39.3 Å². The molecule has 0 bridgehead atoms. The van der Waals surface area contributed by atoms with Crippen LogP contribution < -0.4 is 10.6 Å². The Morgan fingerprint density at radius 3 is 2.97 bits per heavy atom. The summed E-state index contributed by atoms with van der Waals surface area (Å²) < 4.78 is 6.95. The zero-order valence-electron chi connectivity index (χ0n) is 18.9. The summed E-state index contributed by atoms with van der Waals surface area (Å²) >= 11 is 0. The second kappa shape index (κ2) is 10.5. The molecule has 2 unspecified atom stereocenters. The number of aromatic nitrogens is 3. The van der Waals surface area contributed by atoms with Gasteiger partial charge in [0.25, 0.3) is 5.91 Å². The summed E-state index contributed by atoms with van der Waals surface area (Å²) in [4.78, 5) is 32.5. The number of hydrogen-bond donors (Lipinski definition) is 2. The molecule has 4 heterocycles. The molecular formula is C24H30N6O3. The molecule has 4 rings (SSSR count). The van der Waals surface area contributed by atoms with Crippen molar-refractivity contribution in [3.05, 3.63) is 66.3 Å². The smallest absolute Gasteiger partial charge is 0.252 e. The van der Waals surface area contributed by atoms with Crippen LogP contribution in [0.25, 0.3) is 5.52 Å². The average Bonchev–Trinajstić information content (AvgIpc) is 3.27. The molecule has 2 N–H and O–H groups in total. The zero-order chi connectivity index (χ0) is 23.2. The number of carbonyl (C=O) groups is 2. The Morgan fingerprint density at radius 2 is 2.15 bits per heavy atom. The normalized spacial score (nSPS) is 23.9. The van der Waals surface area contributed by atoms with Gasteiger partial charge in [-0.05, 0) is 31.5 Å². The van der Waals surface area contributed by atoms with Crippen LogP contribution in [0.1, 0.15) is 35.3 Å². The van der Waals surface area contributed by atoms with Gasteiger partial charge >= 0.3 is 0 Å². The van der Waals surface area contributed by atoms with Crippen molar-refractivity contribution < 1.29 is 14.3 Å². The Kier molecular flexibility index (Phi) is 7.31. The molecule has 0 radical (unpaired) electrons. The van der Waals surface area contributed by atoms with Crippen molar-refractivity contribution in [1.82, 2.24) is 30.1 Å². The summed E-state index contributed by atoms with van der Waals surface area (Å²) in [5.74, 6) is -1.06. The molecule has 0 spiro atoms. The minimum Gasteiger partial charge on any atom is -0.379 e. The number of nitrogens with zero attached hydrogens (tertiary/aromatic N) is 4. The zero-order valence-corrected chi connectivity index (χ0v) is 18.9. The van der Waals surface area contributed by atoms with Crippen LogP contribution in [0.4, 0.5) is 0 Å². The fourth-order valence-corrected chi connectivity index (χ4v) is 4.06. The first-order chi connectivity index (χ1) is 16.0. The van der Waals surface area contributed by atoms with Gasteiger partial charge in [0.15, 0.2) is 0 Å². The Labute approximate surface area is 193 Å². The quantitative estimate of drug-likeness (QED) is 0.646. The lowest BCUT2D eigenvalue weighted by molar-refractivity contribution is -0.122. The topological polar surface area (TPSA) is 101 Å². The van der Waals surface area contributed by atoms with Crippen molar-refractivity contribution in [2.75, 3.05) is 39.4 Å². The predicted octanol–water partition coefficient (Wildman–Crippen LogP) is 1.45. The van der Waals surface area contributed by atoms with Crippen molar-refractivity contribution in [1.29, 1.82) is 0 Å². The van der Waals surface area contributed by atoms with Gasteiger partial charge in [0.1, 0.15) is 12.2 Å². The van der Waals surface area contributed by atoms with Crippen LogP contribution in [0.5, 0.6) is 0 Å². The minimum absolute atomic E-state index is 0.126. The lowest BCUT2D eigenvalue weighted by Gasteiger charge is -2.26. The first kappa shape index (κ1) is 22.9. The highest BCUT2D eigenvalue weighted by Crippen LogP contribution is 2.28. The van der Waals surface area contributed by atoms with Crippen LogP contribution in [-0.4, -0.2) is 76.7 Å². The standard InChI is InChI=1S/C24H30N6O3/c1-17-6-3-4-7-18(2)28-24(32)21(17)22-20-14-19(15-30(20)27-16-26-22)23(31)25-8-5-9-29-10-12-33-13-11-29/h3-4,6-7,14-16,18,21H,1,5,8-13H2,2H3,(H,25,31)(H,28,32)/b6-3-,7-4-. The van der Waals surface area contributed by atoms with E-state index < -0.39 is 5.92 Å². The number of allylic oxidation sites excluding steroid dienone is 3. The van der Waals surface area contributed by atoms with E-state index in [9.17, 15) is 9.59 Å². The highest BCUT2D eigenvalue weighted by Gasteiger charge is 2.28. The number of ether oxygens (including phenoxy) is 1. The van der Waals surface area contributed by atoms with E-state index in [1.807, 2.05) is 31.2 Å². The molecule has 0 aliphatic carbocycles. The molecule has 2 aromatic rings. The van der Waals surface area contributed by atoms with E-state index in [4.69, 9.17) is 4.74 Å². The molecule has 1 saturated heterocycles. The summed E-state index contributed by atoms with van der Waals surface area (Å²) in [6, 6.07) is 1.60. The molecule has 9 heteroatoms. The highest BCUT2D eigenvalue weighted by molar-refractivity contribution is 5.96. The monoisotopic (exact) mass is 450 g/mol. The molecule has 174 valence electrons. The van der Waals surface area contributed by atoms with Crippen LogP contribution in [0, 0.1) is 0 Å². The van der Waals surface area contributed by atoms with Gasteiger partial charge in [-0.25, -0.2) is 9.50 Å². The minimum atomic E-state index is -0.687. The molecular weight excluding hydrogens is 420 g/mol. The fraction of sp³-hybridized carbons (Fsp3) is 0.417. The second-order valence-corrected chi connectivity index (χ2v) is 8.32. The van der Waals surface area contributed by atoms with Gasteiger partial charge < -0.3 is 15.4 Å². The molecule has 33 heavy (non-hydrogen) atoms. The summed E-state index contributed by atoms with van der Waals surface area (Å²) in [6.45, 7) is 10.9. The Bertz CT molecular complexity index is 1080. The van der Waals surface area contributed by atoms with Gasteiger partial charge in [-0.2, -0.15) is 5.10 Å². The summed E-state index contributed by atoms with van der Waals surface area (Å²) in [5.41, 5.74) is 2.20. The molecule has 9 nitrogen and oxygen atoms in total. The highest BCUT2D eigenvalue weighted by atomic mass is 16.5. The summed E-state index contributed by atoms with van der Waals surface area (Å²) in [5, 5.41) is 10.2. The number of amides is 2. The van der Waals surface area contributed by atoms with Crippen molar-refractivity contribution in [2.45, 2.75) is 25.3 Å². The molecule has 0 aromatic carbocycles. The third-order valence-corrected chi connectivity index (χ3v) is 5.84. The predicted molar refractivity (Wildman–Crippen MR) is 125 cm³/mol. The van der Waals surface area contributed by atoms with Crippen LogP contribution in [-0.2, 0) is 9.53 Å². The Balaban J connectivity index is 1.48. The van der Waals surface area contributed by atoms with E-state index in [1.165, 1.54) is 6.33 Å². The van der Waals surface area contributed by atoms with Crippen LogP contribution in [0.3, 0.4) is 0 Å². The van der Waals surface area contributed by atoms with Gasteiger partial charge in [0.05, 0.1) is 30.0 Å². The number of morpholine rings is 1. The van der Waals surface area contributed by atoms with E-state index in [0.29, 0.717) is 28.9 Å². The Hall–Kier alpha value is -3.30. The summed E-state index contributed by atoms with van der Waals surface area (Å²) in [6.07, 6.45) is 11.4. The lowest BCUT2D eigenvalue weighted by atomic mass is 9.94. The maximum atomic E-state index is 13.0. The number of fused-ring (bicyclic) bond motifs is 1. The molecule has 0 saturated carbocycles. The first-order valence-corrected chi connectivity index (χ1v) is 11.3. The molecule has 2 atom stereocenters. The number of hydrogen-bond acceptors (Lipinski definition) is 6. The van der Waals surface area contributed by atoms with Crippen LogP contribution >= 0.6 is 0 Å². The third-order valence-electron chi connectivity index (χ3n) is 5.84. The van der Waals surface area contributed by atoms with Gasteiger partial charge in [-0.15, -0.1) is 0 Å². The third kappa shape index (κ3) is 5.55. The van der Waals surface area contributed by atoms with E-state index in [1.54, 1.807) is 16.8 Å². The van der Waals surface area contributed by atoms with Gasteiger partial charge in [0, 0.05) is 31.9 Å². The number of rotatable bonds is 6. The first-order valence-electron chi connectivity index (χ1n) is 11.3. The maximum Gasteiger partial charge on any atom is 0.252 e. The van der Waals surface area contributed by atoms with Crippen LogP contribution in [0.2, 0.25) is 0 Å². The van der Waals surface area contributed by atoms with E-state index >= 15 is 0 Å². The molecule has 2 aliphatic heterocycles. The van der Waals surface area contributed by atoms with Gasteiger partial charge in [0.2, 0.25) is 5.91 Å². The second-order valence-electron chi connectivity index (χ2n) is 8.32. The van der Waals surface area contributed by atoms with Crippen molar-refractivity contribution in [2.24, 2.45) is 0 Å². The van der Waals surface area contributed by atoms with E-state index in [-0.39, 0.29) is 17.9 Å². The lowest BCUT2D eigenvalue weighted by Crippen LogP contribution is -2.38. The van der Waals surface area contributed by atoms with E-state index in [2.05, 4.69) is 32.2 Å². The summed E-state index contributed by atoms with van der Waals surface area (Å²) in [7, 11) is 0. The van der Waals surface area contributed by atoms with Crippen molar-refractivity contribution in [3.8, 4) is 0 Å². The SMILES string of the molecule is C=C1/C=C\C=C/C(C)NC(=O)C1c1ncnn2cc(C(=O)NCCCN3CCOCC3)cc12. The van der Waals surface area contributed by atoms with Crippen LogP contribution in [0.15, 0.2) is 55.0 Å². The number of carbonyl (C=O) groups excluding carboxylic acids is 2. The molecule has 1 fully saturated rings. The average molecular weight is 451 g/mol. The van der Waals surface area contributed by atoms with Gasteiger partial charge in [-0.1, -0.05) is 30.9 Å². The maximum absolute atomic E-state index is 13.0. The largest absolute Gasteiger partial charge is 0.379 e.